The van der Waals surface area contributed by atoms with Gasteiger partial charge in [0.15, 0.2) is 0 Å². The van der Waals surface area contributed by atoms with Crippen LogP contribution in [-0.4, -0.2) is 22.7 Å². The highest BCUT2D eigenvalue weighted by Gasteiger charge is 2.09. The van der Waals surface area contributed by atoms with Crippen molar-refractivity contribution in [3.8, 4) is 0 Å². The molecule has 0 spiro atoms. The Morgan fingerprint density at radius 2 is 1.76 bits per heavy atom. The van der Waals surface area contributed by atoms with Crippen molar-refractivity contribution in [1.82, 2.24) is 10.3 Å². The van der Waals surface area contributed by atoms with E-state index < -0.39 is 0 Å². The highest BCUT2D eigenvalue weighted by atomic mass is 16.3. The van der Waals surface area contributed by atoms with Gasteiger partial charge in [-0.05, 0) is 23.6 Å². The molecule has 0 saturated heterocycles. The number of H-pyrrole nitrogens is 1. The molecule has 2 aromatic carbocycles. The quantitative estimate of drug-likeness (QED) is 0.650. The van der Waals surface area contributed by atoms with E-state index in [1.807, 2.05) is 36.5 Å². The number of fused-ring (bicyclic) bond motifs is 1. The molecule has 1 atom stereocenters. The van der Waals surface area contributed by atoms with Gasteiger partial charge in [0.2, 0.25) is 0 Å². The minimum absolute atomic E-state index is 0.0704. The molecule has 1 aromatic heterocycles. The summed E-state index contributed by atoms with van der Waals surface area (Å²) in [7, 11) is 0. The second-order valence-corrected chi connectivity index (χ2v) is 5.31. The summed E-state index contributed by atoms with van der Waals surface area (Å²) in [5, 5.41) is 14.2. The summed E-state index contributed by atoms with van der Waals surface area (Å²) < 4.78 is 0. The fourth-order valence-electron chi connectivity index (χ4n) is 2.63. The second kappa shape index (κ2) is 6.57. The molecule has 3 aromatic rings. The van der Waals surface area contributed by atoms with Crippen molar-refractivity contribution < 1.29 is 5.11 Å². The molecule has 1 unspecified atom stereocenters. The van der Waals surface area contributed by atoms with Crippen LogP contribution < -0.4 is 5.32 Å². The van der Waals surface area contributed by atoms with Gasteiger partial charge in [-0.3, -0.25) is 0 Å². The third-order valence-electron chi connectivity index (χ3n) is 3.80. The maximum absolute atomic E-state index is 9.56. The molecule has 0 aliphatic heterocycles. The van der Waals surface area contributed by atoms with Crippen LogP contribution in [0.2, 0.25) is 0 Å². The van der Waals surface area contributed by atoms with Crippen LogP contribution >= 0.6 is 0 Å². The first-order valence-electron chi connectivity index (χ1n) is 7.30. The van der Waals surface area contributed by atoms with Gasteiger partial charge < -0.3 is 15.4 Å². The van der Waals surface area contributed by atoms with Gasteiger partial charge in [0.1, 0.15) is 0 Å². The summed E-state index contributed by atoms with van der Waals surface area (Å²) in [5.41, 5.74) is 3.62. The molecule has 0 fully saturated rings. The Balaban J connectivity index is 1.65. The zero-order valence-electron chi connectivity index (χ0n) is 11.9. The SMILES string of the molecule is OCC(Cc1ccccc1)NCc1c[nH]c2ccccc12. The predicted molar refractivity (Wildman–Crippen MR) is 86.2 cm³/mol. The second-order valence-electron chi connectivity index (χ2n) is 5.31. The Bertz CT molecular complexity index is 691. The van der Waals surface area contributed by atoms with Crippen molar-refractivity contribution in [1.29, 1.82) is 0 Å². The Morgan fingerprint density at radius 1 is 1.00 bits per heavy atom. The molecule has 3 nitrogen and oxygen atoms in total. The van der Waals surface area contributed by atoms with Crippen LogP contribution in [0.15, 0.2) is 60.8 Å². The van der Waals surface area contributed by atoms with Gasteiger partial charge in [-0.1, -0.05) is 48.5 Å². The van der Waals surface area contributed by atoms with Crippen molar-refractivity contribution in [2.45, 2.75) is 19.0 Å². The Labute approximate surface area is 124 Å². The number of aromatic amines is 1. The van der Waals surface area contributed by atoms with Gasteiger partial charge in [0.25, 0.3) is 0 Å². The molecule has 0 aliphatic rings. The average Bonchev–Trinajstić information content (AvgIpc) is 2.96. The van der Waals surface area contributed by atoms with Crippen LogP contribution in [0.5, 0.6) is 0 Å². The number of para-hydroxylation sites is 1. The molecular formula is C18H20N2O. The Morgan fingerprint density at radius 3 is 2.57 bits per heavy atom. The van der Waals surface area contributed by atoms with Gasteiger partial charge in [0.05, 0.1) is 6.61 Å². The van der Waals surface area contributed by atoms with Crippen LogP contribution in [0.4, 0.5) is 0 Å². The van der Waals surface area contributed by atoms with Gasteiger partial charge in [-0.2, -0.15) is 0 Å². The number of hydrogen-bond donors (Lipinski definition) is 3. The minimum atomic E-state index is 0.0704. The number of hydrogen-bond acceptors (Lipinski definition) is 2. The molecule has 0 aliphatic carbocycles. The summed E-state index contributed by atoms with van der Waals surface area (Å²) in [5.74, 6) is 0. The molecule has 3 N–H and O–H groups in total. The van der Waals surface area contributed by atoms with Gasteiger partial charge in [-0.15, -0.1) is 0 Å². The minimum Gasteiger partial charge on any atom is -0.395 e. The zero-order chi connectivity index (χ0) is 14.5. The highest BCUT2D eigenvalue weighted by Crippen LogP contribution is 2.17. The molecule has 0 amide bonds. The zero-order valence-corrected chi connectivity index (χ0v) is 11.9. The van der Waals surface area contributed by atoms with Crippen LogP contribution in [0, 0.1) is 0 Å². The standard InChI is InChI=1S/C18H20N2O/c21-13-16(10-14-6-2-1-3-7-14)19-11-15-12-20-18-9-5-4-8-17(15)18/h1-9,12,16,19-21H,10-11,13H2. The summed E-state index contributed by atoms with van der Waals surface area (Å²) in [6, 6.07) is 18.6. The van der Waals surface area contributed by atoms with Crippen molar-refractivity contribution in [3.63, 3.8) is 0 Å². The Hall–Kier alpha value is -2.10. The smallest absolute Gasteiger partial charge is 0.0587 e. The van der Waals surface area contributed by atoms with E-state index in [1.165, 1.54) is 16.5 Å². The molecule has 3 rings (SSSR count). The van der Waals surface area contributed by atoms with Gasteiger partial charge >= 0.3 is 0 Å². The van der Waals surface area contributed by atoms with Crippen molar-refractivity contribution >= 4 is 10.9 Å². The lowest BCUT2D eigenvalue weighted by atomic mass is 10.1. The van der Waals surface area contributed by atoms with Gasteiger partial charge in [-0.25, -0.2) is 0 Å². The summed E-state index contributed by atoms with van der Waals surface area (Å²) in [6.07, 6.45) is 2.87. The third kappa shape index (κ3) is 3.32. The van der Waals surface area contributed by atoms with Crippen LogP contribution in [-0.2, 0) is 13.0 Å². The first-order valence-corrected chi connectivity index (χ1v) is 7.30. The number of aliphatic hydroxyl groups excluding tert-OH is 1. The molecule has 108 valence electrons. The first-order chi connectivity index (χ1) is 10.4. The van der Waals surface area contributed by atoms with E-state index in [9.17, 15) is 5.11 Å². The van der Waals surface area contributed by atoms with Crippen molar-refractivity contribution in [2.75, 3.05) is 6.61 Å². The average molecular weight is 280 g/mol. The maximum Gasteiger partial charge on any atom is 0.0587 e. The van der Waals surface area contributed by atoms with Crippen LogP contribution in [0.25, 0.3) is 10.9 Å². The maximum atomic E-state index is 9.56. The van der Waals surface area contributed by atoms with E-state index in [0.717, 1.165) is 18.5 Å². The molecule has 0 saturated carbocycles. The first kappa shape index (κ1) is 13.9. The van der Waals surface area contributed by atoms with Crippen molar-refractivity contribution in [3.05, 3.63) is 71.9 Å². The molecule has 1 heterocycles. The van der Waals surface area contributed by atoms with E-state index in [-0.39, 0.29) is 12.6 Å². The lowest BCUT2D eigenvalue weighted by molar-refractivity contribution is 0.241. The van der Waals surface area contributed by atoms with Gasteiger partial charge in [0, 0.05) is 29.7 Å². The van der Waals surface area contributed by atoms with Crippen LogP contribution in [0.3, 0.4) is 0 Å². The van der Waals surface area contributed by atoms with E-state index in [2.05, 4.69) is 34.6 Å². The molecule has 21 heavy (non-hydrogen) atoms. The molecular weight excluding hydrogens is 260 g/mol. The highest BCUT2D eigenvalue weighted by molar-refractivity contribution is 5.82. The summed E-state index contributed by atoms with van der Waals surface area (Å²) >= 11 is 0. The number of nitrogens with one attached hydrogen (secondary N) is 2. The van der Waals surface area contributed by atoms with Crippen molar-refractivity contribution in [2.24, 2.45) is 0 Å². The fraction of sp³-hybridized carbons (Fsp3) is 0.222. The topological polar surface area (TPSA) is 48.0 Å². The van der Waals surface area contributed by atoms with E-state index in [4.69, 9.17) is 0 Å². The normalized spacial score (nSPS) is 12.6. The van der Waals surface area contributed by atoms with E-state index in [0.29, 0.717) is 0 Å². The summed E-state index contributed by atoms with van der Waals surface area (Å²) in [6.45, 7) is 0.888. The fourth-order valence-corrected chi connectivity index (χ4v) is 2.63. The van der Waals surface area contributed by atoms with Crippen LogP contribution in [0.1, 0.15) is 11.1 Å². The lowest BCUT2D eigenvalue weighted by Crippen LogP contribution is -2.33. The largest absolute Gasteiger partial charge is 0.395 e. The molecule has 0 radical (unpaired) electrons. The van der Waals surface area contributed by atoms with E-state index in [1.54, 1.807) is 0 Å². The predicted octanol–water partition coefficient (Wildman–Crippen LogP) is 2.86. The number of aromatic nitrogens is 1. The number of benzene rings is 2. The number of rotatable bonds is 6. The Kier molecular flexibility index (Phi) is 4.34. The number of aliphatic hydroxyl groups is 1. The monoisotopic (exact) mass is 280 g/mol. The van der Waals surface area contributed by atoms with E-state index >= 15 is 0 Å². The molecule has 3 heteroatoms. The lowest BCUT2D eigenvalue weighted by Gasteiger charge is -2.16. The summed E-state index contributed by atoms with van der Waals surface area (Å²) in [4.78, 5) is 3.28. The third-order valence-corrected chi connectivity index (χ3v) is 3.80. The molecule has 0 bridgehead atoms.